The Bertz CT molecular complexity index is 1400. The summed E-state index contributed by atoms with van der Waals surface area (Å²) in [6.45, 7) is 5.23. The number of rotatable bonds is 5. The second-order valence-electron chi connectivity index (χ2n) is 8.97. The van der Waals surface area contributed by atoms with Crippen molar-refractivity contribution in [3.63, 3.8) is 0 Å². The maximum atomic E-state index is 12.6. The zero-order valence-electron chi connectivity index (χ0n) is 20.0. The summed E-state index contributed by atoms with van der Waals surface area (Å²) in [5.74, 6) is -0.0752. The highest BCUT2D eigenvalue weighted by Gasteiger charge is 2.59. The maximum absolute atomic E-state index is 12.6. The average Bonchev–Trinajstić information content (AvgIpc) is 3.22. The van der Waals surface area contributed by atoms with E-state index in [9.17, 15) is 14.7 Å². The molecule has 2 aliphatic rings. The molecule has 1 aromatic heterocycles. The molecule has 2 fully saturated rings. The van der Waals surface area contributed by atoms with Crippen LogP contribution in [0.25, 0.3) is 11.0 Å². The van der Waals surface area contributed by atoms with Crippen LogP contribution in [0.5, 0.6) is 11.5 Å². The molecule has 3 heterocycles. The summed E-state index contributed by atoms with van der Waals surface area (Å²) >= 11 is 0. The van der Waals surface area contributed by atoms with E-state index in [0.29, 0.717) is 17.0 Å². The topological polar surface area (TPSA) is 138 Å². The van der Waals surface area contributed by atoms with Crippen molar-refractivity contribution >= 4 is 28.5 Å². The van der Waals surface area contributed by atoms with Crippen LogP contribution >= 0.6 is 0 Å². The van der Waals surface area contributed by atoms with Crippen LogP contribution in [-0.4, -0.2) is 48.6 Å². The van der Waals surface area contributed by atoms with Gasteiger partial charge in [0.25, 0.3) is 0 Å². The van der Waals surface area contributed by atoms with Crippen LogP contribution in [0.3, 0.4) is 0 Å². The van der Waals surface area contributed by atoms with Crippen molar-refractivity contribution in [2.24, 2.45) is 10.2 Å². The minimum atomic E-state index is -1.03. The molecule has 2 saturated heterocycles. The molecule has 0 aliphatic carbocycles. The molecule has 1 N–H and O–H groups in total. The van der Waals surface area contributed by atoms with Crippen molar-refractivity contribution in [2.45, 2.75) is 51.0 Å². The van der Waals surface area contributed by atoms with Gasteiger partial charge in [-0.3, -0.25) is 0 Å². The Labute approximate surface area is 205 Å². The smallest absolute Gasteiger partial charge is 0.505 e. The molecule has 3 aromatic rings. The number of nitrogens with zero attached hydrogens (tertiary/aromatic N) is 2. The van der Waals surface area contributed by atoms with Gasteiger partial charge in [0.15, 0.2) is 11.9 Å². The number of azo groups is 1. The third-order valence-corrected chi connectivity index (χ3v) is 6.20. The number of fused-ring (bicyclic) bond motifs is 2. The molecule has 1 unspecified atom stereocenters. The Hall–Kier alpha value is -3.96. The van der Waals surface area contributed by atoms with Crippen LogP contribution in [-0.2, 0) is 18.9 Å². The van der Waals surface area contributed by atoms with Crippen molar-refractivity contribution in [3.05, 3.63) is 58.4 Å². The first-order valence-electron chi connectivity index (χ1n) is 11.2. The molecule has 5 rings (SSSR count). The normalized spacial score (nSPS) is 24.9. The molecule has 0 spiro atoms. The van der Waals surface area contributed by atoms with E-state index in [1.807, 2.05) is 6.07 Å². The standard InChI is InChI=1S/C25H24N2O9/c1-12-15(32-23-20-19(34-24(30)35-20)21(31-4)25(2,3)36-23)11-10-14-17(28)16(22(29)33-18(12)14)27-26-13-8-6-5-7-9-13/h5-11,19-21,23,28H,1-4H3/b27-26+/t19-,20+,21-,23?/m1/s1. The summed E-state index contributed by atoms with van der Waals surface area (Å²) in [5, 5.41) is 18.9. The number of hydrogen-bond donors (Lipinski definition) is 1. The van der Waals surface area contributed by atoms with Gasteiger partial charge < -0.3 is 33.2 Å². The van der Waals surface area contributed by atoms with Gasteiger partial charge >= 0.3 is 11.8 Å². The number of ether oxygens (including phenoxy) is 5. The van der Waals surface area contributed by atoms with Crippen molar-refractivity contribution in [1.29, 1.82) is 0 Å². The Balaban J connectivity index is 1.48. The fourth-order valence-corrected chi connectivity index (χ4v) is 4.47. The van der Waals surface area contributed by atoms with E-state index in [4.69, 9.17) is 28.1 Å². The van der Waals surface area contributed by atoms with Crippen LogP contribution in [0.4, 0.5) is 16.2 Å². The van der Waals surface area contributed by atoms with Crippen LogP contribution in [0.2, 0.25) is 0 Å². The number of aromatic hydroxyl groups is 1. The average molecular weight is 496 g/mol. The van der Waals surface area contributed by atoms with E-state index in [1.54, 1.807) is 51.1 Å². The minimum Gasteiger partial charge on any atom is -0.505 e. The van der Waals surface area contributed by atoms with Crippen LogP contribution in [0.1, 0.15) is 19.4 Å². The lowest BCUT2D eigenvalue weighted by Crippen LogP contribution is -2.62. The third kappa shape index (κ3) is 4.06. The summed E-state index contributed by atoms with van der Waals surface area (Å²) in [4.78, 5) is 24.5. The summed E-state index contributed by atoms with van der Waals surface area (Å²) < 4.78 is 33.7. The lowest BCUT2D eigenvalue weighted by molar-refractivity contribution is -0.282. The van der Waals surface area contributed by atoms with E-state index >= 15 is 0 Å². The van der Waals surface area contributed by atoms with Crippen LogP contribution in [0, 0.1) is 6.92 Å². The molecule has 2 aliphatic heterocycles. The van der Waals surface area contributed by atoms with E-state index in [0.717, 1.165) is 0 Å². The predicted molar refractivity (Wildman–Crippen MR) is 125 cm³/mol. The van der Waals surface area contributed by atoms with Gasteiger partial charge in [-0.2, -0.15) is 5.11 Å². The van der Waals surface area contributed by atoms with Crippen molar-refractivity contribution in [2.75, 3.05) is 7.11 Å². The molecule has 2 aromatic carbocycles. The third-order valence-electron chi connectivity index (χ3n) is 6.20. The number of aryl methyl sites for hydroxylation is 1. The first-order valence-corrected chi connectivity index (χ1v) is 11.2. The maximum Gasteiger partial charge on any atom is 0.509 e. The number of carbonyl (C=O) groups excluding carboxylic acids is 1. The van der Waals surface area contributed by atoms with Gasteiger partial charge in [0, 0.05) is 12.7 Å². The van der Waals surface area contributed by atoms with Gasteiger partial charge in [-0.25, -0.2) is 9.59 Å². The molecule has 0 radical (unpaired) electrons. The highest BCUT2D eigenvalue weighted by molar-refractivity contribution is 5.90. The molecule has 0 bridgehead atoms. The summed E-state index contributed by atoms with van der Waals surface area (Å²) in [7, 11) is 1.50. The first kappa shape index (κ1) is 23.8. The van der Waals surface area contributed by atoms with Gasteiger partial charge in [-0.15, -0.1) is 5.11 Å². The number of methoxy groups -OCH3 is 1. The highest BCUT2D eigenvalue weighted by Crippen LogP contribution is 2.41. The Morgan fingerprint density at radius 1 is 1.00 bits per heavy atom. The fourth-order valence-electron chi connectivity index (χ4n) is 4.47. The van der Waals surface area contributed by atoms with Crippen molar-refractivity contribution < 1.29 is 38.0 Å². The zero-order valence-corrected chi connectivity index (χ0v) is 20.0. The largest absolute Gasteiger partial charge is 0.509 e. The highest BCUT2D eigenvalue weighted by atomic mass is 16.8. The molecular formula is C25H24N2O9. The molecule has 11 nitrogen and oxygen atoms in total. The van der Waals surface area contributed by atoms with Gasteiger partial charge in [0.05, 0.1) is 16.7 Å². The fraction of sp³-hybridized carbons (Fsp3) is 0.360. The molecule has 0 amide bonds. The quantitative estimate of drug-likeness (QED) is 0.304. The lowest BCUT2D eigenvalue weighted by atomic mass is 9.89. The van der Waals surface area contributed by atoms with E-state index in [-0.39, 0.29) is 22.4 Å². The summed E-state index contributed by atoms with van der Waals surface area (Å²) in [6, 6.07) is 11.9. The van der Waals surface area contributed by atoms with Crippen LogP contribution in [0.15, 0.2) is 61.9 Å². The number of hydrogen-bond acceptors (Lipinski definition) is 11. The van der Waals surface area contributed by atoms with Crippen molar-refractivity contribution in [3.8, 4) is 11.5 Å². The van der Waals surface area contributed by atoms with Crippen LogP contribution < -0.4 is 10.4 Å². The predicted octanol–water partition coefficient (Wildman–Crippen LogP) is 4.66. The van der Waals surface area contributed by atoms with E-state index < -0.39 is 42.0 Å². The minimum absolute atomic E-state index is 0.106. The van der Waals surface area contributed by atoms with Gasteiger partial charge in [0.1, 0.15) is 17.4 Å². The van der Waals surface area contributed by atoms with Gasteiger partial charge in [0.2, 0.25) is 18.1 Å². The molecule has 4 atom stereocenters. The molecule has 0 saturated carbocycles. The SMILES string of the molecule is CO[C@@H]1[C@@H]2OC(=O)O[C@@H]2C(Oc2ccc3c(O)c(/N=N/c4ccccc4)c(=O)oc3c2C)OC1(C)C. The molecular weight excluding hydrogens is 472 g/mol. The Kier molecular flexibility index (Phi) is 5.89. The second-order valence-corrected chi connectivity index (χ2v) is 8.97. The zero-order chi connectivity index (χ0) is 25.6. The first-order chi connectivity index (χ1) is 17.2. The molecule has 188 valence electrons. The van der Waals surface area contributed by atoms with E-state index in [1.165, 1.54) is 13.2 Å². The Morgan fingerprint density at radius 3 is 2.44 bits per heavy atom. The van der Waals surface area contributed by atoms with Gasteiger partial charge in [-0.05, 0) is 45.0 Å². The number of benzene rings is 2. The monoisotopic (exact) mass is 496 g/mol. The molecule has 36 heavy (non-hydrogen) atoms. The molecule has 11 heteroatoms. The lowest BCUT2D eigenvalue weighted by Gasteiger charge is -2.45. The number of carbonyl (C=O) groups is 1. The summed E-state index contributed by atoms with van der Waals surface area (Å²) in [6.07, 6.45) is -4.07. The second kappa shape index (κ2) is 8.92. The van der Waals surface area contributed by atoms with Gasteiger partial charge in [-0.1, -0.05) is 18.2 Å². The van der Waals surface area contributed by atoms with E-state index in [2.05, 4.69) is 10.2 Å². The summed E-state index contributed by atoms with van der Waals surface area (Å²) in [5.41, 5.74) is -1.02. The van der Waals surface area contributed by atoms with Crippen molar-refractivity contribution in [1.82, 2.24) is 0 Å². The Morgan fingerprint density at radius 2 is 1.72 bits per heavy atom.